The first-order valence-electron chi connectivity index (χ1n) is 6.20. The van der Waals surface area contributed by atoms with E-state index in [4.69, 9.17) is 4.74 Å². The largest absolute Gasteiger partial charge is 0.462 e. The van der Waals surface area contributed by atoms with Crippen molar-refractivity contribution in [3.8, 4) is 5.75 Å². The van der Waals surface area contributed by atoms with Crippen molar-refractivity contribution >= 4 is 0 Å². The topological polar surface area (TPSA) is 21.3 Å². The molecular formula is C15H21NO. The number of nitrogens with one attached hydrogen (secondary N) is 1. The zero-order valence-corrected chi connectivity index (χ0v) is 10.9. The van der Waals surface area contributed by atoms with Gasteiger partial charge in [-0.2, -0.15) is 0 Å². The van der Waals surface area contributed by atoms with Crippen molar-refractivity contribution < 1.29 is 4.74 Å². The Kier molecular flexibility index (Phi) is 5.94. The van der Waals surface area contributed by atoms with Crippen LogP contribution in [0.2, 0.25) is 0 Å². The van der Waals surface area contributed by atoms with Gasteiger partial charge in [0, 0.05) is 19.2 Å². The van der Waals surface area contributed by atoms with Gasteiger partial charge in [-0.3, -0.25) is 0 Å². The summed E-state index contributed by atoms with van der Waals surface area (Å²) in [7, 11) is 1.92. The van der Waals surface area contributed by atoms with Crippen LogP contribution < -0.4 is 10.1 Å². The van der Waals surface area contributed by atoms with E-state index in [1.165, 1.54) is 0 Å². The summed E-state index contributed by atoms with van der Waals surface area (Å²) in [5.74, 6) is 1.93. The second-order valence-corrected chi connectivity index (χ2v) is 3.47. The number of hydrogen-bond donors (Lipinski definition) is 1. The van der Waals surface area contributed by atoms with Gasteiger partial charge in [-0.1, -0.05) is 38.1 Å². The van der Waals surface area contributed by atoms with Crippen molar-refractivity contribution in [3.63, 3.8) is 0 Å². The minimum Gasteiger partial charge on any atom is -0.462 e. The number of allylic oxidation sites excluding steroid dienone is 3. The Balaban J connectivity index is 0.000000686. The number of hydrogen-bond acceptors (Lipinski definition) is 2. The third-order valence-electron chi connectivity index (χ3n) is 2.35. The molecule has 1 aromatic rings. The SMILES string of the molecule is CC.CNC1=CCCC(Oc2ccccc2)=C1. The van der Waals surface area contributed by atoms with Crippen molar-refractivity contribution in [2.45, 2.75) is 26.7 Å². The van der Waals surface area contributed by atoms with Crippen LogP contribution in [0.3, 0.4) is 0 Å². The summed E-state index contributed by atoms with van der Waals surface area (Å²) in [6.45, 7) is 4.00. The zero-order chi connectivity index (χ0) is 12.5. The van der Waals surface area contributed by atoms with Crippen molar-refractivity contribution in [1.29, 1.82) is 0 Å². The molecule has 92 valence electrons. The third kappa shape index (κ3) is 4.35. The molecule has 0 unspecified atom stereocenters. The van der Waals surface area contributed by atoms with Gasteiger partial charge in [-0.05, 0) is 24.6 Å². The summed E-state index contributed by atoms with van der Waals surface area (Å²) in [5.41, 5.74) is 1.13. The molecule has 0 bridgehead atoms. The molecule has 0 saturated carbocycles. The highest BCUT2D eigenvalue weighted by Crippen LogP contribution is 2.20. The van der Waals surface area contributed by atoms with Crippen LogP contribution in [-0.2, 0) is 0 Å². The fourth-order valence-electron chi connectivity index (χ4n) is 1.57. The van der Waals surface area contributed by atoms with E-state index in [0.29, 0.717) is 0 Å². The molecule has 0 saturated heterocycles. The Labute approximate surface area is 104 Å². The summed E-state index contributed by atoms with van der Waals surface area (Å²) >= 11 is 0. The van der Waals surface area contributed by atoms with Crippen LogP contribution in [-0.4, -0.2) is 7.05 Å². The molecule has 2 rings (SSSR count). The number of rotatable bonds is 3. The standard InChI is InChI=1S/C13H15NO.C2H6/c1-14-11-6-5-9-13(10-11)15-12-7-3-2-4-8-12;1-2/h2-4,6-8,10,14H,5,9H2,1H3;1-2H3. The molecular weight excluding hydrogens is 210 g/mol. The molecule has 1 aromatic carbocycles. The van der Waals surface area contributed by atoms with Gasteiger partial charge in [0.15, 0.2) is 0 Å². The van der Waals surface area contributed by atoms with Gasteiger partial charge in [-0.15, -0.1) is 0 Å². The normalized spacial score (nSPS) is 13.8. The molecule has 0 fully saturated rings. The molecule has 1 aliphatic carbocycles. The highest BCUT2D eigenvalue weighted by atomic mass is 16.5. The molecule has 0 spiro atoms. The minimum absolute atomic E-state index is 0.904. The van der Waals surface area contributed by atoms with Crippen molar-refractivity contribution in [1.82, 2.24) is 5.32 Å². The molecule has 0 amide bonds. The van der Waals surface area contributed by atoms with Crippen LogP contribution in [0.4, 0.5) is 0 Å². The minimum atomic E-state index is 0.904. The van der Waals surface area contributed by atoms with E-state index in [9.17, 15) is 0 Å². The van der Waals surface area contributed by atoms with Crippen molar-refractivity contribution in [2.24, 2.45) is 0 Å². The van der Waals surface area contributed by atoms with Gasteiger partial charge >= 0.3 is 0 Å². The van der Waals surface area contributed by atoms with Gasteiger partial charge in [0.2, 0.25) is 0 Å². The molecule has 0 heterocycles. The lowest BCUT2D eigenvalue weighted by Crippen LogP contribution is -2.09. The van der Waals surface area contributed by atoms with E-state index in [2.05, 4.69) is 17.5 Å². The fourth-order valence-corrected chi connectivity index (χ4v) is 1.57. The maximum Gasteiger partial charge on any atom is 0.126 e. The second kappa shape index (κ2) is 7.55. The Morgan fingerprint density at radius 2 is 1.82 bits per heavy atom. The third-order valence-corrected chi connectivity index (χ3v) is 2.35. The summed E-state index contributed by atoms with van der Waals surface area (Å²) in [4.78, 5) is 0. The first-order valence-corrected chi connectivity index (χ1v) is 6.20. The van der Waals surface area contributed by atoms with Crippen molar-refractivity contribution in [2.75, 3.05) is 7.05 Å². The molecule has 17 heavy (non-hydrogen) atoms. The Morgan fingerprint density at radius 1 is 1.12 bits per heavy atom. The first-order chi connectivity index (χ1) is 8.38. The zero-order valence-electron chi connectivity index (χ0n) is 10.9. The molecule has 1 N–H and O–H groups in total. The van der Waals surface area contributed by atoms with Crippen LogP contribution in [0.15, 0.2) is 53.9 Å². The lowest BCUT2D eigenvalue weighted by Gasteiger charge is -2.14. The van der Waals surface area contributed by atoms with Crippen LogP contribution >= 0.6 is 0 Å². The molecule has 0 atom stereocenters. The van der Waals surface area contributed by atoms with Crippen LogP contribution in [0.25, 0.3) is 0 Å². The quantitative estimate of drug-likeness (QED) is 0.852. The maximum atomic E-state index is 5.77. The summed E-state index contributed by atoms with van der Waals surface area (Å²) in [5, 5.41) is 3.12. The van der Waals surface area contributed by atoms with Crippen LogP contribution in [0.1, 0.15) is 26.7 Å². The average Bonchev–Trinajstić information content (AvgIpc) is 2.42. The molecule has 1 aliphatic rings. The monoisotopic (exact) mass is 231 g/mol. The summed E-state index contributed by atoms with van der Waals surface area (Å²) in [6.07, 6.45) is 6.24. The van der Waals surface area contributed by atoms with Gasteiger partial charge in [-0.25, -0.2) is 0 Å². The highest BCUT2D eigenvalue weighted by Gasteiger charge is 2.06. The average molecular weight is 231 g/mol. The molecule has 0 aliphatic heterocycles. The van der Waals surface area contributed by atoms with E-state index < -0.39 is 0 Å². The van der Waals surface area contributed by atoms with Gasteiger partial charge in [0.1, 0.15) is 11.5 Å². The van der Waals surface area contributed by atoms with E-state index in [-0.39, 0.29) is 0 Å². The second-order valence-electron chi connectivity index (χ2n) is 3.47. The molecule has 0 radical (unpaired) electrons. The van der Waals surface area contributed by atoms with E-state index >= 15 is 0 Å². The number of ether oxygens (including phenoxy) is 1. The number of para-hydroxylation sites is 1. The summed E-state index contributed by atoms with van der Waals surface area (Å²) < 4.78 is 5.77. The fraction of sp³-hybridized carbons (Fsp3) is 0.333. The Bertz CT molecular complexity index is 379. The Hall–Kier alpha value is -1.70. The number of benzene rings is 1. The predicted octanol–water partition coefficient (Wildman–Crippen LogP) is 3.87. The maximum absolute atomic E-state index is 5.77. The molecule has 0 aromatic heterocycles. The van der Waals surface area contributed by atoms with E-state index in [0.717, 1.165) is 30.0 Å². The van der Waals surface area contributed by atoms with E-state index in [1.807, 2.05) is 51.2 Å². The lowest BCUT2D eigenvalue weighted by molar-refractivity contribution is 0.401. The van der Waals surface area contributed by atoms with Gasteiger partial charge < -0.3 is 10.1 Å². The Morgan fingerprint density at radius 3 is 2.47 bits per heavy atom. The van der Waals surface area contributed by atoms with Crippen LogP contribution in [0, 0.1) is 0 Å². The number of likely N-dealkylation sites (N-methyl/N-ethyl adjacent to an activating group) is 1. The van der Waals surface area contributed by atoms with E-state index in [1.54, 1.807) is 0 Å². The first kappa shape index (κ1) is 13.4. The summed E-state index contributed by atoms with van der Waals surface area (Å²) in [6, 6.07) is 9.89. The van der Waals surface area contributed by atoms with Gasteiger partial charge in [0.25, 0.3) is 0 Å². The smallest absolute Gasteiger partial charge is 0.126 e. The van der Waals surface area contributed by atoms with Gasteiger partial charge in [0.05, 0.1) is 0 Å². The van der Waals surface area contributed by atoms with Crippen LogP contribution in [0.5, 0.6) is 5.75 Å². The predicted molar refractivity (Wildman–Crippen MR) is 72.9 cm³/mol. The van der Waals surface area contributed by atoms with Crippen molar-refractivity contribution in [3.05, 3.63) is 53.9 Å². The molecule has 2 heteroatoms. The lowest BCUT2D eigenvalue weighted by atomic mass is 10.1. The molecule has 2 nitrogen and oxygen atoms in total. The highest BCUT2D eigenvalue weighted by molar-refractivity contribution is 5.28.